The van der Waals surface area contributed by atoms with Crippen LogP contribution in [-0.2, 0) is 20.9 Å². The molecule has 3 atom stereocenters. The van der Waals surface area contributed by atoms with E-state index >= 15 is 0 Å². The van der Waals surface area contributed by atoms with Crippen LogP contribution in [0.5, 0.6) is 0 Å². The fourth-order valence-electron chi connectivity index (χ4n) is 1.61. The molecule has 118 valence electrons. The highest BCUT2D eigenvalue weighted by molar-refractivity contribution is 7.90. The van der Waals surface area contributed by atoms with E-state index in [4.69, 9.17) is 5.73 Å². The standard InChI is InChI=1S/C14H21FN2O3S/c1-14(2,3)21(19)17-12(11(16)13(18)20-4)9-6-5-7-10(15)8-9/h5-8,11-12,17H,16H2,1-4H3/t11-,12+,21?/m0/s1. The number of benzene rings is 1. The molecule has 0 heterocycles. The van der Waals surface area contributed by atoms with Crippen molar-refractivity contribution < 1.29 is 18.5 Å². The molecule has 0 amide bonds. The molecular weight excluding hydrogens is 295 g/mol. The molecule has 0 bridgehead atoms. The Bertz CT molecular complexity index is 493. The molecule has 21 heavy (non-hydrogen) atoms. The van der Waals surface area contributed by atoms with Crippen LogP contribution in [-0.4, -0.2) is 28.4 Å². The zero-order valence-corrected chi connectivity index (χ0v) is 13.4. The summed E-state index contributed by atoms with van der Waals surface area (Å²) in [5.41, 5.74) is 6.29. The number of ether oxygens (including phenoxy) is 1. The highest BCUT2D eigenvalue weighted by atomic mass is 32.2. The second-order valence-electron chi connectivity index (χ2n) is 5.58. The number of nitrogens with two attached hydrogens (primary N) is 1. The fourth-order valence-corrected chi connectivity index (χ4v) is 2.48. The zero-order chi connectivity index (χ0) is 16.2. The number of methoxy groups -OCH3 is 1. The quantitative estimate of drug-likeness (QED) is 0.633. The van der Waals surface area contributed by atoms with Crippen LogP contribution >= 0.6 is 0 Å². The van der Waals surface area contributed by atoms with E-state index in [1.54, 1.807) is 26.8 Å². The molecule has 1 aromatic carbocycles. The van der Waals surface area contributed by atoms with Gasteiger partial charge in [-0.1, -0.05) is 12.1 Å². The lowest BCUT2D eigenvalue weighted by molar-refractivity contribution is -0.142. The molecular formula is C14H21FN2O3S. The van der Waals surface area contributed by atoms with Crippen molar-refractivity contribution in [3.05, 3.63) is 35.6 Å². The lowest BCUT2D eigenvalue weighted by atomic mass is 10.0. The summed E-state index contributed by atoms with van der Waals surface area (Å²) in [6, 6.07) is 3.74. The average molecular weight is 316 g/mol. The normalized spacial score (nSPS) is 16.1. The minimum atomic E-state index is -1.47. The van der Waals surface area contributed by atoms with Gasteiger partial charge in [0.05, 0.1) is 7.11 Å². The van der Waals surface area contributed by atoms with Gasteiger partial charge in [0.1, 0.15) is 22.6 Å². The molecule has 1 rings (SSSR count). The molecule has 7 heteroatoms. The molecule has 0 aliphatic heterocycles. The average Bonchev–Trinajstić information content (AvgIpc) is 2.41. The molecule has 0 spiro atoms. The topological polar surface area (TPSA) is 87.4 Å². The van der Waals surface area contributed by atoms with Crippen molar-refractivity contribution in [2.45, 2.75) is 37.6 Å². The highest BCUT2D eigenvalue weighted by Gasteiger charge is 2.35. The van der Waals surface area contributed by atoms with Gasteiger partial charge in [0.2, 0.25) is 0 Å². The predicted molar refractivity (Wildman–Crippen MR) is 80.2 cm³/mol. The molecule has 1 unspecified atom stereocenters. The van der Waals surface area contributed by atoms with Gasteiger partial charge in [-0.05, 0) is 38.5 Å². The molecule has 3 N–H and O–H groups in total. The van der Waals surface area contributed by atoms with Crippen LogP contribution in [0.2, 0.25) is 0 Å². The van der Waals surface area contributed by atoms with Gasteiger partial charge in [0.25, 0.3) is 0 Å². The van der Waals surface area contributed by atoms with Gasteiger partial charge >= 0.3 is 5.97 Å². The Morgan fingerprint density at radius 1 is 1.48 bits per heavy atom. The van der Waals surface area contributed by atoms with Crippen molar-refractivity contribution in [2.75, 3.05) is 7.11 Å². The second kappa shape index (κ2) is 7.22. The monoisotopic (exact) mass is 316 g/mol. The molecule has 0 saturated carbocycles. The zero-order valence-electron chi connectivity index (χ0n) is 12.6. The Labute approximate surface area is 127 Å². The van der Waals surface area contributed by atoms with Gasteiger partial charge in [-0.3, -0.25) is 4.79 Å². The summed E-state index contributed by atoms with van der Waals surface area (Å²) >= 11 is -1.47. The first kappa shape index (κ1) is 17.9. The number of hydrogen-bond acceptors (Lipinski definition) is 5. The Balaban J connectivity index is 3.08. The van der Waals surface area contributed by atoms with E-state index in [0.29, 0.717) is 5.56 Å². The molecule has 0 aromatic heterocycles. The van der Waals surface area contributed by atoms with Crippen LogP contribution in [0.4, 0.5) is 4.39 Å². The number of nitrogens with one attached hydrogen (secondary N) is 1. The summed E-state index contributed by atoms with van der Waals surface area (Å²) in [7, 11) is 1.21. The van der Waals surface area contributed by atoms with Crippen LogP contribution in [0.15, 0.2) is 24.3 Å². The summed E-state index contributed by atoms with van der Waals surface area (Å²) in [5.74, 6) is -1.12. The summed E-state index contributed by atoms with van der Waals surface area (Å²) in [6.45, 7) is 5.34. The SMILES string of the molecule is COC(=O)[C@@H](N)[C@H](N[S+]([O-])C(C)(C)C)c1cccc(F)c1. The lowest BCUT2D eigenvalue weighted by Crippen LogP contribution is -2.50. The number of esters is 1. The maximum atomic E-state index is 13.4. The second-order valence-corrected chi connectivity index (χ2v) is 7.58. The molecule has 0 aliphatic rings. The molecule has 5 nitrogen and oxygen atoms in total. The molecule has 0 radical (unpaired) electrons. The van der Waals surface area contributed by atoms with E-state index in [1.807, 2.05) is 0 Å². The molecule has 0 saturated heterocycles. The van der Waals surface area contributed by atoms with E-state index in [-0.39, 0.29) is 0 Å². The maximum Gasteiger partial charge on any atom is 0.324 e. The number of halogens is 1. The van der Waals surface area contributed by atoms with E-state index in [2.05, 4.69) is 9.46 Å². The third-order valence-electron chi connectivity index (χ3n) is 2.83. The first-order valence-electron chi connectivity index (χ1n) is 6.43. The van der Waals surface area contributed by atoms with Gasteiger partial charge in [0.15, 0.2) is 0 Å². The van der Waals surface area contributed by atoms with Crippen LogP contribution in [0, 0.1) is 5.82 Å². The van der Waals surface area contributed by atoms with E-state index in [1.165, 1.54) is 25.3 Å². The molecule has 0 fully saturated rings. The first-order valence-corrected chi connectivity index (χ1v) is 7.58. The summed E-state index contributed by atoms with van der Waals surface area (Å²) in [6.07, 6.45) is 0. The van der Waals surface area contributed by atoms with Crippen molar-refractivity contribution in [3.63, 3.8) is 0 Å². The van der Waals surface area contributed by atoms with Crippen LogP contribution in [0.25, 0.3) is 0 Å². The van der Waals surface area contributed by atoms with E-state index < -0.39 is 40.0 Å². The van der Waals surface area contributed by atoms with E-state index in [0.717, 1.165) is 0 Å². The minimum absolute atomic E-state index is 0.436. The number of carbonyl (C=O) groups excluding carboxylic acids is 1. The van der Waals surface area contributed by atoms with Crippen molar-refractivity contribution in [3.8, 4) is 0 Å². The van der Waals surface area contributed by atoms with Crippen molar-refractivity contribution in [2.24, 2.45) is 5.73 Å². The van der Waals surface area contributed by atoms with Crippen LogP contribution in [0.1, 0.15) is 32.4 Å². The van der Waals surface area contributed by atoms with Crippen LogP contribution < -0.4 is 10.5 Å². The Kier molecular flexibility index (Phi) is 6.15. The Hall–Kier alpha value is -1.15. The number of carbonyl (C=O) groups is 1. The Morgan fingerprint density at radius 2 is 2.10 bits per heavy atom. The van der Waals surface area contributed by atoms with Gasteiger partial charge in [-0.25, -0.2) is 4.39 Å². The summed E-state index contributed by atoms with van der Waals surface area (Å²) in [5, 5.41) is 0. The van der Waals surface area contributed by atoms with Gasteiger partial charge < -0.3 is 15.0 Å². The lowest BCUT2D eigenvalue weighted by Gasteiger charge is -2.30. The Morgan fingerprint density at radius 3 is 2.57 bits per heavy atom. The number of hydrogen-bond donors (Lipinski definition) is 2. The highest BCUT2D eigenvalue weighted by Crippen LogP contribution is 2.23. The third-order valence-corrected chi connectivity index (χ3v) is 4.41. The summed E-state index contributed by atoms with van der Waals surface area (Å²) in [4.78, 5) is 11.7. The molecule has 1 aromatic rings. The minimum Gasteiger partial charge on any atom is -0.598 e. The van der Waals surface area contributed by atoms with E-state index in [9.17, 15) is 13.7 Å². The maximum absolute atomic E-state index is 13.4. The van der Waals surface area contributed by atoms with Crippen molar-refractivity contribution >= 4 is 17.3 Å². The van der Waals surface area contributed by atoms with Gasteiger partial charge in [-0.15, -0.1) is 4.72 Å². The third kappa shape index (κ3) is 4.96. The van der Waals surface area contributed by atoms with Crippen molar-refractivity contribution in [1.82, 2.24) is 4.72 Å². The van der Waals surface area contributed by atoms with Gasteiger partial charge in [0, 0.05) is 11.4 Å². The smallest absolute Gasteiger partial charge is 0.324 e. The number of rotatable bonds is 5. The summed E-state index contributed by atoms with van der Waals surface area (Å²) < 4.78 is 32.5. The van der Waals surface area contributed by atoms with Gasteiger partial charge in [-0.2, -0.15) is 0 Å². The van der Waals surface area contributed by atoms with Crippen LogP contribution in [0.3, 0.4) is 0 Å². The molecule has 0 aliphatic carbocycles. The first-order chi connectivity index (χ1) is 9.66. The van der Waals surface area contributed by atoms with Crippen molar-refractivity contribution in [1.29, 1.82) is 0 Å². The fraction of sp³-hybridized carbons (Fsp3) is 0.500. The predicted octanol–water partition coefficient (Wildman–Crippen LogP) is 1.42. The largest absolute Gasteiger partial charge is 0.598 e.